The minimum Gasteiger partial charge on any atom is -0.376 e. The maximum absolute atomic E-state index is 13.4. The number of hydrogen-bond acceptors (Lipinski definition) is 3. The van der Waals surface area contributed by atoms with Crippen molar-refractivity contribution >= 4 is 21.8 Å². The number of nitrogens with one attached hydrogen (secondary N) is 1. The fourth-order valence-electron chi connectivity index (χ4n) is 2.14. The lowest BCUT2D eigenvalue weighted by Crippen LogP contribution is -2.64. The van der Waals surface area contributed by atoms with E-state index in [9.17, 15) is 9.18 Å². The van der Waals surface area contributed by atoms with E-state index >= 15 is 0 Å². The largest absolute Gasteiger partial charge is 0.376 e. The van der Waals surface area contributed by atoms with Gasteiger partial charge in [0.1, 0.15) is 5.82 Å². The molecule has 1 saturated carbocycles. The van der Waals surface area contributed by atoms with Crippen molar-refractivity contribution < 1.29 is 13.9 Å². The Kier molecular flexibility index (Phi) is 4.54. The summed E-state index contributed by atoms with van der Waals surface area (Å²) in [7, 11) is 0. The van der Waals surface area contributed by atoms with Gasteiger partial charge in [0.2, 0.25) is 0 Å². The number of halogens is 2. The van der Waals surface area contributed by atoms with Gasteiger partial charge in [-0.25, -0.2) is 4.39 Å². The quantitative estimate of drug-likeness (QED) is 0.885. The second kappa shape index (κ2) is 5.98. The first-order valence-electron chi connectivity index (χ1n) is 6.16. The molecule has 3 N–H and O–H groups in total. The van der Waals surface area contributed by atoms with Gasteiger partial charge in [-0.1, -0.05) is 6.07 Å². The summed E-state index contributed by atoms with van der Waals surface area (Å²) in [5.41, 5.74) is 6.12. The van der Waals surface area contributed by atoms with Crippen LogP contribution >= 0.6 is 15.9 Å². The Balaban J connectivity index is 2.06. The van der Waals surface area contributed by atoms with Gasteiger partial charge in [-0.2, -0.15) is 0 Å². The lowest BCUT2D eigenvalue weighted by atomic mass is 9.83. The summed E-state index contributed by atoms with van der Waals surface area (Å²) in [6.45, 7) is 2.47. The number of carbonyl (C=O) groups is 1. The van der Waals surface area contributed by atoms with E-state index in [0.717, 1.165) is 6.42 Å². The topological polar surface area (TPSA) is 64.3 Å². The molecule has 0 radical (unpaired) electrons. The molecule has 104 valence electrons. The number of benzene rings is 1. The average Bonchev–Trinajstić information content (AvgIpc) is 2.39. The molecule has 3 atom stereocenters. The normalized spacial score (nSPS) is 25.8. The highest BCUT2D eigenvalue weighted by atomic mass is 79.9. The standard InChI is InChI=1S/C13H16BrFN2O2/c1-2-19-10-6-9(16)12(10)17-13(18)7-4-3-5-8(15)11(7)14/h3-5,9-10,12H,2,6,16H2,1H3,(H,17,18). The zero-order valence-electron chi connectivity index (χ0n) is 10.5. The van der Waals surface area contributed by atoms with E-state index in [-0.39, 0.29) is 34.1 Å². The summed E-state index contributed by atoms with van der Waals surface area (Å²) in [6.07, 6.45) is 0.666. The number of amides is 1. The molecular weight excluding hydrogens is 315 g/mol. The van der Waals surface area contributed by atoms with Crippen molar-refractivity contribution in [3.63, 3.8) is 0 Å². The van der Waals surface area contributed by atoms with Gasteiger partial charge in [0.25, 0.3) is 5.91 Å². The summed E-state index contributed by atoms with van der Waals surface area (Å²) in [6, 6.07) is 4.01. The molecule has 1 aliphatic carbocycles. The number of nitrogens with two attached hydrogens (primary N) is 1. The first-order chi connectivity index (χ1) is 9.04. The smallest absolute Gasteiger partial charge is 0.252 e. The molecule has 1 amide bonds. The molecule has 19 heavy (non-hydrogen) atoms. The molecule has 3 unspecified atom stereocenters. The van der Waals surface area contributed by atoms with Crippen molar-refractivity contribution in [2.75, 3.05) is 6.61 Å². The lowest BCUT2D eigenvalue weighted by Gasteiger charge is -2.42. The Morgan fingerprint density at radius 3 is 3.00 bits per heavy atom. The van der Waals surface area contributed by atoms with Crippen LogP contribution < -0.4 is 11.1 Å². The Morgan fingerprint density at radius 1 is 1.63 bits per heavy atom. The third-order valence-electron chi connectivity index (χ3n) is 3.24. The highest BCUT2D eigenvalue weighted by Gasteiger charge is 2.40. The average molecular weight is 331 g/mol. The lowest BCUT2D eigenvalue weighted by molar-refractivity contribution is -0.0300. The van der Waals surface area contributed by atoms with Gasteiger partial charge in [0.05, 0.1) is 22.2 Å². The Labute approximate surface area is 119 Å². The second-order valence-electron chi connectivity index (χ2n) is 4.49. The molecule has 1 aliphatic rings. The van der Waals surface area contributed by atoms with Gasteiger partial charge in [0.15, 0.2) is 0 Å². The van der Waals surface area contributed by atoms with Gasteiger partial charge < -0.3 is 15.8 Å². The number of rotatable bonds is 4. The summed E-state index contributed by atoms with van der Waals surface area (Å²) >= 11 is 3.07. The van der Waals surface area contributed by atoms with E-state index in [0.29, 0.717) is 6.61 Å². The van der Waals surface area contributed by atoms with Crippen LogP contribution in [0.4, 0.5) is 4.39 Å². The maximum Gasteiger partial charge on any atom is 0.252 e. The zero-order valence-corrected chi connectivity index (χ0v) is 12.1. The minimum atomic E-state index is -0.466. The van der Waals surface area contributed by atoms with Crippen LogP contribution in [0.3, 0.4) is 0 Å². The van der Waals surface area contributed by atoms with Crippen LogP contribution in [0.25, 0.3) is 0 Å². The van der Waals surface area contributed by atoms with Gasteiger partial charge in [-0.05, 0) is 41.4 Å². The fraction of sp³-hybridized carbons (Fsp3) is 0.462. The summed E-state index contributed by atoms with van der Waals surface area (Å²) < 4.78 is 19.0. The van der Waals surface area contributed by atoms with Gasteiger partial charge >= 0.3 is 0 Å². The van der Waals surface area contributed by atoms with E-state index in [1.165, 1.54) is 12.1 Å². The van der Waals surface area contributed by atoms with Crippen LogP contribution in [0, 0.1) is 5.82 Å². The third kappa shape index (κ3) is 2.96. The third-order valence-corrected chi connectivity index (χ3v) is 4.05. The van der Waals surface area contributed by atoms with Crippen molar-refractivity contribution in [1.82, 2.24) is 5.32 Å². The number of hydrogen-bond donors (Lipinski definition) is 2. The Morgan fingerprint density at radius 2 is 2.37 bits per heavy atom. The molecule has 2 rings (SSSR count). The van der Waals surface area contributed by atoms with Crippen LogP contribution in [0.5, 0.6) is 0 Å². The molecular formula is C13H16BrFN2O2. The van der Waals surface area contributed by atoms with E-state index < -0.39 is 5.82 Å². The Bertz CT molecular complexity index is 482. The van der Waals surface area contributed by atoms with Crippen molar-refractivity contribution in [3.05, 3.63) is 34.1 Å². The van der Waals surface area contributed by atoms with Crippen LogP contribution in [-0.4, -0.2) is 30.7 Å². The van der Waals surface area contributed by atoms with E-state index in [1.807, 2.05) is 6.92 Å². The second-order valence-corrected chi connectivity index (χ2v) is 5.29. The van der Waals surface area contributed by atoms with Crippen LogP contribution in [-0.2, 0) is 4.74 Å². The number of carbonyl (C=O) groups excluding carboxylic acids is 1. The molecule has 0 aromatic heterocycles. The summed E-state index contributed by atoms with van der Waals surface area (Å²) in [4.78, 5) is 12.1. The molecule has 4 nitrogen and oxygen atoms in total. The zero-order chi connectivity index (χ0) is 14.0. The van der Waals surface area contributed by atoms with Crippen molar-refractivity contribution in [1.29, 1.82) is 0 Å². The van der Waals surface area contributed by atoms with E-state index in [1.54, 1.807) is 6.07 Å². The van der Waals surface area contributed by atoms with Gasteiger partial charge in [0, 0.05) is 12.6 Å². The predicted octanol–water partition coefficient (Wildman–Crippen LogP) is 1.82. The summed E-state index contributed by atoms with van der Waals surface area (Å²) in [5, 5.41) is 2.80. The maximum atomic E-state index is 13.4. The minimum absolute atomic E-state index is 0.0590. The molecule has 6 heteroatoms. The van der Waals surface area contributed by atoms with Gasteiger partial charge in [-0.15, -0.1) is 0 Å². The van der Waals surface area contributed by atoms with Crippen molar-refractivity contribution in [2.45, 2.75) is 31.5 Å². The Hall–Kier alpha value is -0.980. The first kappa shape index (κ1) is 14.4. The van der Waals surface area contributed by atoms with E-state index in [4.69, 9.17) is 10.5 Å². The molecule has 1 fully saturated rings. The molecule has 0 saturated heterocycles. The number of ether oxygens (including phenoxy) is 1. The molecule has 1 aromatic carbocycles. The van der Waals surface area contributed by atoms with Crippen LogP contribution in [0.2, 0.25) is 0 Å². The fourth-order valence-corrected chi connectivity index (χ4v) is 2.58. The summed E-state index contributed by atoms with van der Waals surface area (Å²) in [5.74, 6) is -0.817. The molecule has 0 bridgehead atoms. The monoisotopic (exact) mass is 330 g/mol. The van der Waals surface area contributed by atoms with Gasteiger partial charge in [-0.3, -0.25) is 4.79 Å². The van der Waals surface area contributed by atoms with Crippen LogP contribution in [0.15, 0.2) is 22.7 Å². The molecule has 0 heterocycles. The molecule has 0 spiro atoms. The molecule has 0 aliphatic heterocycles. The SMILES string of the molecule is CCOC1CC(N)C1NC(=O)c1cccc(F)c1Br. The first-order valence-corrected chi connectivity index (χ1v) is 6.96. The predicted molar refractivity (Wildman–Crippen MR) is 73.4 cm³/mol. The molecule has 1 aromatic rings. The van der Waals surface area contributed by atoms with E-state index in [2.05, 4.69) is 21.2 Å². The van der Waals surface area contributed by atoms with Crippen molar-refractivity contribution in [3.8, 4) is 0 Å². The highest BCUT2D eigenvalue weighted by molar-refractivity contribution is 9.10. The van der Waals surface area contributed by atoms with Crippen LogP contribution in [0.1, 0.15) is 23.7 Å². The highest BCUT2D eigenvalue weighted by Crippen LogP contribution is 2.25. The van der Waals surface area contributed by atoms with Crippen molar-refractivity contribution in [2.24, 2.45) is 5.73 Å².